The Hall–Kier alpha value is -2.86. The molecule has 1 aromatic heterocycles. The molecule has 1 heterocycles. The van der Waals surface area contributed by atoms with Gasteiger partial charge in [0, 0.05) is 5.02 Å². The van der Waals surface area contributed by atoms with E-state index in [1.54, 1.807) is 29.2 Å². The van der Waals surface area contributed by atoms with Gasteiger partial charge < -0.3 is 10.1 Å². The second-order valence-electron chi connectivity index (χ2n) is 5.92. The van der Waals surface area contributed by atoms with Crippen LogP contribution in [-0.2, 0) is 4.79 Å². The summed E-state index contributed by atoms with van der Waals surface area (Å²) in [7, 11) is 0. The summed E-state index contributed by atoms with van der Waals surface area (Å²) in [6.07, 6.45) is 3.21. The number of hydrogen-bond donors (Lipinski definition) is 1. The predicted molar refractivity (Wildman–Crippen MR) is 101 cm³/mol. The second kappa shape index (κ2) is 8.01. The van der Waals surface area contributed by atoms with Gasteiger partial charge in [0.15, 0.2) is 0 Å². The predicted octanol–water partition coefficient (Wildman–Crippen LogP) is 3.95. The fraction of sp³-hybridized carbons (Fsp3) is 0.211. The number of halogens is 1. The summed E-state index contributed by atoms with van der Waals surface area (Å²) in [5.41, 5.74) is 3.48. The number of aromatic nitrogens is 3. The van der Waals surface area contributed by atoms with Crippen LogP contribution < -0.4 is 10.1 Å². The molecule has 6 nitrogen and oxygen atoms in total. The minimum Gasteiger partial charge on any atom is -0.493 e. The molecule has 1 amide bonds. The number of benzene rings is 2. The third kappa shape index (κ3) is 4.40. The van der Waals surface area contributed by atoms with Crippen LogP contribution in [-0.4, -0.2) is 27.3 Å². The van der Waals surface area contributed by atoms with E-state index in [4.69, 9.17) is 16.3 Å². The molecule has 0 saturated heterocycles. The molecule has 7 heteroatoms. The number of nitrogens with zero attached hydrogens (tertiary/aromatic N) is 3. The molecule has 0 aliphatic rings. The Labute approximate surface area is 156 Å². The molecule has 0 spiro atoms. The van der Waals surface area contributed by atoms with Gasteiger partial charge in [0.2, 0.25) is 5.91 Å². The monoisotopic (exact) mass is 370 g/mol. The Kier molecular flexibility index (Phi) is 5.53. The van der Waals surface area contributed by atoms with E-state index in [0.29, 0.717) is 16.4 Å². The van der Waals surface area contributed by atoms with Gasteiger partial charge in [-0.3, -0.25) is 4.79 Å². The highest BCUT2D eigenvalue weighted by Crippen LogP contribution is 2.24. The maximum atomic E-state index is 12.3. The van der Waals surface area contributed by atoms with Gasteiger partial charge in [-0.05, 0) is 43.7 Å². The van der Waals surface area contributed by atoms with Crippen LogP contribution in [0, 0.1) is 13.8 Å². The molecular weight excluding hydrogens is 352 g/mol. The van der Waals surface area contributed by atoms with Gasteiger partial charge in [0.1, 0.15) is 18.4 Å². The van der Waals surface area contributed by atoms with Crippen molar-refractivity contribution in [2.24, 2.45) is 0 Å². The van der Waals surface area contributed by atoms with E-state index in [1.807, 2.05) is 32.0 Å². The van der Waals surface area contributed by atoms with Crippen molar-refractivity contribution in [1.29, 1.82) is 0 Å². The van der Waals surface area contributed by atoms with Gasteiger partial charge in [-0.2, -0.15) is 5.10 Å². The summed E-state index contributed by atoms with van der Waals surface area (Å²) in [5, 5.41) is 7.47. The summed E-state index contributed by atoms with van der Waals surface area (Å²) < 4.78 is 7.28. The van der Waals surface area contributed by atoms with Crippen molar-refractivity contribution in [3.63, 3.8) is 0 Å². The van der Waals surface area contributed by atoms with Gasteiger partial charge in [-0.25, -0.2) is 9.67 Å². The Bertz CT molecular complexity index is 910. The zero-order chi connectivity index (χ0) is 18.5. The molecule has 0 unspecified atom stereocenters. The maximum absolute atomic E-state index is 12.3. The lowest BCUT2D eigenvalue weighted by Gasteiger charge is -2.12. The number of nitrogens with one attached hydrogen (secondary N) is 1. The molecule has 0 fully saturated rings. The van der Waals surface area contributed by atoms with E-state index in [1.165, 1.54) is 11.9 Å². The lowest BCUT2D eigenvalue weighted by molar-refractivity contribution is -0.116. The zero-order valence-corrected chi connectivity index (χ0v) is 15.3. The number of hydrogen-bond acceptors (Lipinski definition) is 4. The van der Waals surface area contributed by atoms with Crippen LogP contribution in [0.4, 0.5) is 5.69 Å². The summed E-state index contributed by atoms with van der Waals surface area (Å²) >= 11 is 6.05. The lowest BCUT2D eigenvalue weighted by atomic mass is 10.1. The van der Waals surface area contributed by atoms with E-state index in [0.717, 1.165) is 11.3 Å². The summed E-state index contributed by atoms with van der Waals surface area (Å²) in [6.45, 7) is 4.30. The number of ether oxygens (including phenoxy) is 1. The number of anilines is 1. The van der Waals surface area contributed by atoms with Gasteiger partial charge in [0.25, 0.3) is 0 Å². The second-order valence-corrected chi connectivity index (χ2v) is 6.35. The van der Waals surface area contributed by atoms with Crippen molar-refractivity contribution in [2.45, 2.75) is 20.3 Å². The highest BCUT2D eigenvalue weighted by Gasteiger charge is 2.11. The molecule has 0 aliphatic carbocycles. The first kappa shape index (κ1) is 17.9. The van der Waals surface area contributed by atoms with E-state index >= 15 is 0 Å². The van der Waals surface area contributed by atoms with Crippen LogP contribution in [0.2, 0.25) is 5.02 Å². The average molecular weight is 371 g/mol. The molecule has 0 atom stereocenters. The number of amides is 1. The van der Waals surface area contributed by atoms with Gasteiger partial charge in [0.05, 0.1) is 24.4 Å². The quantitative estimate of drug-likeness (QED) is 0.713. The zero-order valence-electron chi connectivity index (χ0n) is 14.6. The lowest BCUT2D eigenvalue weighted by Crippen LogP contribution is -2.17. The average Bonchev–Trinajstić information content (AvgIpc) is 3.11. The van der Waals surface area contributed by atoms with Crippen molar-refractivity contribution in [2.75, 3.05) is 11.9 Å². The first-order valence-electron chi connectivity index (χ1n) is 8.17. The molecule has 3 aromatic rings. The molecule has 134 valence electrons. The highest BCUT2D eigenvalue weighted by atomic mass is 35.5. The SMILES string of the molecule is Cc1ccc(OCCC(=O)Nc2cc(Cl)ccc2-n2cncn2)c(C)c1. The van der Waals surface area contributed by atoms with Crippen LogP contribution in [0.3, 0.4) is 0 Å². The number of aryl methyl sites for hydroxylation is 2. The number of carbonyl (C=O) groups is 1. The first-order valence-corrected chi connectivity index (χ1v) is 8.55. The summed E-state index contributed by atoms with van der Waals surface area (Å²) in [4.78, 5) is 16.2. The maximum Gasteiger partial charge on any atom is 0.227 e. The smallest absolute Gasteiger partial charge is 0.227 e. The van der Waals surface area contributed by atoms with Crippen molar-refractivity contribution in [1.82, 2.24) is 14.8 Å². The van der Waals surface area contributed by atoms with E-state index < -0.39 is 0 Å². The van der Waals surface area contributed by atoms with Crippen molar-refractivity contribution < 1.29 is 9.53 Å². The molecule has 0 saturated carbocycles. The first-order chi connectivity index (χ1) is 12.5. The molecule has 0 aliphatic heterocycles. The van der Waals surface area contributed by atoms with Crippen LogP contribution in [0.15, 0.2) is 49.1 Å². The Morgan fingerprint density at radius 3 is 2.81 bits per heavy atom. The Morgan fingerprint density at radius 2 is 2.08 bits per heavy atom. The van der Waals surface area contributed by atoms with E-state index in [-0.39, 0.29) is 18.9 Å². The van der Waals surface area contributed by atoms with Crippen molar-refractivity contribution in [3.8, 4) is 11.4 Å². The van der Waals surface area contributed by atoms with Gasteiger partial charge >= 0.3 is 0 Å². The highest BCUT2D eigenvalue weighted by molar-refractivity contribution is 6.31. The van der Waals surface area contributed by atoms with Crippen molar-refractivity contribution in [3.05, 3.63) is 65.2 Å². The molecule has 0 bridgehead atoms. The van der Waals surface area contributed by atoms with E-state index in [2.05, 4.69) is 15.4 Å². The van der Waals surface area contributed by atoms with Crippen molar-refractivity contribution >= 4 is 23.2 Å². The van der Waals surface area contributed by atoms with Gasteiger partial charge in [-0.15, -0.1) is 0 Å². The molecule has 1 N–H and O–H groups in total. The molecule has 26 heavy (non-hydrogen) atoms. The fourth-order valence-electron chi connectivity index (χ4n) is 2.57. The van der Waals surface area contributed by atoms with Crippen LogP contribution in [0.5, 0.6) is 5.75 Å². The third-order valence-corrected chi connectivity index (χ3v) is 4.05. The minimum atomic E-state index is -0.168. The molecule has 2 aromatic carbocycles. The van der Waals surface area contributed by atoms with Crippen LogP contribution >= 0.6 is 11.6 Å². The Morgan fingerprint density at radius 1 is 1.23 bits per heavy atom. The molecule has 0 radical (unpaired) electrons. The molecule has 3 rings (SSSR count). The normalized spacial score (nSPS) is 10.6. The number of carbonyl (C=O) groups excluding carboxylic acids is 1. The van der Waals surface area contributed by atoms with Crippen LogP contribution in [0.1, 0.15) is 17.5 Å². The largest absolute Gasteiger partial charge is 0.493 e. The van der Waals surface area contributed by atoms with Crippen LogP contribution in [0.25, 0.3) is 5.69 Å². The molecular formula is C19H19ClN4O2. The van der Waals surface area contributed by atoms with E-state index in [9.17, 15) is 4.79 Å². The summed E-state index contributed by atoms with van der Waals surface area (Å²) in [6, 6.07) is 11.1. The topological polar surface area (TPSA) is 69.0 Å². The number of rotatable bonds is 6. The fourth-order valence-corrected chi connectivity index (χ4v) is 2.74. The minimum absolute atomic E-state index is 0.168. The third-order valence-electron chi connectivity index (χ3n) is 3.82. The van der Waals surface area contributed by atoms with Gasteiger partial charge in [-0.1, -0.05) is 29.3 Å². The summed E-state index contributed by atoms with van der Waals surface area (Å²) in [5.74, 6) is 0.618. The Balaban J connectivity index is 1.62. The standard InChI is InChI=1S/C19H19ClN4O2/c1-13-3-6-18(14(2)9-13)26-8-7-19(25)23-16-10-15(20)4-5-17(16)24-12-21-11-22-24/h3-6,9-12H,7-8H2,1-2H3,(H,23,25).